The van der Waals surface area contributed by atoms with Crippen LogP contribution in [-0.4, -0.2) is 143 Å². The minimum atomic E-state index is -1.96. The molecule has 13 N–H and O–H groups in total. The van der Waals surface area contributed by atoms with E-state index in [1.807, 2.05) is 43.3 Å². The largest absolute Gasteiger partial charge is 0.508 e. The number of benzene rings is 2. The number of phenolic OH excluding ortho intramolecular Hbond substituents is 1. The van der Waals surface area contributed by atoms with Crippen LogP contribution < -0.4 is 43.4 Å². The van der Waals surface area contributed by atoms with Gasteiger partial charge in [0.25, 0.3) is 5.91 Å². The quantitative estimate of drug-likeness (QED) is 0.0381. The summed E-state index contributed by atoms with van der Waals surface area (Å²) < 4.78 is 5.82. The number of hydrogen-bond acceptors (Lipinski definition) is 12. The van der Waals surface area contributed by atoms with Crippen molar-refractivity contribution in [2.24, 2.45) is 34.2 Å². The minimum absolute atomic E-state index is 0.00181. The van der Waals surface area contributed by atoms with Crippen molar-refractivity contribution in [3.8, 4) is 5.75 Å². The van der Waals surface area contributed by atoms with Crippen molar-refractivity contribution in [3.63, 3.8) is 0 Å². The maximum absolute atomic E-state index is 14.4. The summed E-state index contributed by atoms with van der Waals surface area (Å²) in [6.45, 7) is 11.3. The molecule has 1 saturated heterocycles. The zero-order chi connectivity index (χ0) is 56.1. The van der Waals surface area contributed by atoms with Gasteiger partial charge >= 0.3 is 11.9 Å². The lowest BCUT2D eigenvalue weighted by Crippen LogP contribution is -2.59. The molecule has 1 aliphatic heterocycles. The first-order valence-electron chi connectivity index (χ1n) is 24.3. The first-order chi connectivity index (χ1) is 35.3. The van der Waals surface area contributed by atoms with Crippen LogP contribution in [0.25, 0.3) is 0 Å². The number of carboxylic acid groups (broad SMARTS) is 2. The minimum Gasteiger partial charge on any atom is -0.508 e. The molecule has 3 rings (SSSR count). The van der Waals surface area contributed by atoms with E-state index in [0.717, 1.165) is 10.5 Å². The number of hydrogen-bond donors (Lipinski definition) is 11. The summed E-state index contributed by atoms with van der Waals surface area (Å²) in [5.41, 5.74) is 12.7. The molecular formula is C52H72N10O13. The normalized spacial score (nSPS) is 24.5. The highest BCUT2D eigenvalue weighted by molar-refractivity contribution is 6.00. The number of aliphatic carboxylic acids is 2. The predicted molar refractivity (Wildman–Crippen MR) is 277 cm³/mol. The van der Waals surface area contributed by atoms with Gasteiger partial charge in [-0.25, -0.2) is 9.59 Å². The number of aliphatic imine (C=N–C) groups is 1. The van der Waals surface area contributed by atoms with Crippen molar-refractivity contribution in [2.75, 3.05) is 20.7 Å². The van der Waals surface area contributed by atoms with Crippen molar-refractivity contribution in [1.29, 1.82) is 0 Å². The number of carbonyl (C=O) groups excluding carboxylic acids is 7. The fourth-order valence-corrected chi connectivity index (χ4v) is 7.83. The second-order valence-corrected chi connectivity index (χ2v) is 18.5. The number of carboxylic acids is 2. The van der Waals surface area contributed by atoms with Crippen LogP contribution in [0.15, 0.2) is 95.7 Å². The van der Waals surface area contributed by atoms with E-state index in [-0.39, 0.29) is 49.5 Å². The molecule has 7 amide bonds. The molecule has 75 heavy (non-hydrogen) atoms. The number of allylic oxidation sites excluding steroid dienone is 2. The highest BCUT2D eigenvalue weighted by atomic mass is 16.5. The predicted octanol–water partition coefficient (Wildman–Crippen LogP) is 0.521. The van der Waals surface area contributed by atoms with E-state index in [0.29, 0.717) is 17.6 Å². The van der Waals surface area contributed by atoms with E-state index in [9.17, 15) is 58.5 Å². The number of ether oxygens (including phenoxy) is 1. The molecule has 0 spiro atoms. The summed E-state index contributed by atoms with van der Waals surface area (Å²) in [6, 6.07) is 6.06. The number of nitrogens with two attached hydrogens (primary N) is 2. The SMILES string of the molecule is C=C1C(=O)N[C@H](C)C(=O)N[C@@H](Cc2ccc(O)cc2)C(=O)NC(C(=O)O)[C@H](C)C(=O)NC(CCCN=C(N)N)C(=O)NC(/C=C/C(C)=C/[C@H](C)[C@H](Cc2ccccc2)OC)[C@H](C)C(=O)N[C@@H](C(=O)O)CCC(=O)N1C. The first-order valence-corrected chi connectivity index (χ1v) is 24.3. The summed E-state index contributed by atoms with van der Waals surface area (Å²) in [5.74, 6) is -13.0. The van der Waals surface area contributed by atoms with Crippen LogP contribution in [0.5, 0.6) is 5.75 Å². The smallest absolute Gasteiger partial charge is 0.327 e. The maximum atomic E-state index is 14.4. The molecule has 23 nitrogen and oxygen atoms in total. The third-order valence-corrected chi connectivity index (χ3v) is 12.6. The van der Waals surface area contributed by atoms with Crippen LogP contribution in [0.3, 0.4) is 0 Å². The van der Waals surface area contributed by atoms with Crippen LogP contribution in [-0.2, 0) is 60.7 Å². The lowest BCUT2D eigenvalue weighted by atomic mass is 9.94. The number of phenols is 1. The average molecular weight is 1050 g/mol. The first kappa shape index (κ1) is 61.2. The Morgan fingerprint density at radius 1 is 0.813 bits per heavy atom. The van der Waals surface area contributed by atoms with Gasteiger partial charge in [0.2, 0.25) is 35.4 Å². The molecule has 408 valence electrons. The molecule has 10 atom stereocenters. The molecular weight excluding hydrogens is 973 g/mol. The number of rotatable bonds is 15. The fraction of sp³-hybridized carbons (Fsp3) is 0.462. The monoisotopic (exact) mass is 1040 g/mol. The molecule has 1 fully saturated rings. The van der Waals surface area contributed by atoms with Crippen molar-refractivity contribution in [1.82, 2.24) is 36.8 Å². The molecule has 1 heterocycles. The molecule has 0 saturated carbocycles. The van der Waals surface area contributed by atoms with Gasteiger partial charge < -0.3 is 68.3 Å². The number of methoxy groups -OCH3 is 1. The molecule has 3 unspecified atom stereocenters. The van der Waals surface area contributed by atoms with Crippen molar-refractivity contribution >= 4 is 59.2 Å². The van der Waals surface area contributed by atoms with Gasteiger partial charge in [-0.3, -0.25) is 38.6 Å². The van der Waals surface area contributed by atoms with Crippen molar-refractivity contribution in [2.45, 2.75) is 115 Å². The molecule has 0 aromatic heterocycles. The average Bonchev–Trinajstić information content (AvgIpc) is 3.36. The van der Waals surface area contributed by atoms with Gasteiger partial charge in [-0.05, 0) is 62.8 Å². The van der Waals surface area contributed by atoms with E-state index >= 15 is 0 Å². The number of guanidine groups is 1. The highest BCUT2D eigenvalue weighted by Gasteiger charge is 2.37. The van der Waals surface area contributed by atoms with Gasteiger partial charge in [-0.15, -0.1) is 0 Å². The molecule has 0 radical (unpaired) electrons. The van der Waals surface area contributed by atoms with Gasteiger partial charge in [0.1, 0.15) is 41.7 Å². The number of carbonyl (C=O) groups is 9. The number of nitrogens with zero attached hydrogens (tertiary/aromatic N) is 2. The van der Waals surface area contributed by atoms with E-state index in [4.69, 9.17) is 16.2 Å². The zero-order valence-corrected chi connectivity index (χ0v) is 43.3. The zero-order valence-electron chi connectivity index (χ0n) is 43.3. The standard InChI is InChI=1S/C52H72N10O13/c1-28(25-29(2)41(75-8)27-34-13-10-9-11-14-34)16-21-37-30(3)44(65)59-39(50(71)72)22-23-42(64)62(7)33(6)47(68)56-32(5)46(67)60-40(26-35-17-19-36(63)20-18-35)49(70)61-43(51(73)74)31(4)45(66)58-38(48(69)57-37)15-12-24-55-52(53)54/h9-11,13-14,16-21,25,29-32,37-41,43,63H,6,12,15,22-24,26-27H2,1-5,7-8H3,(H,56,68)(H,57,69)(H,58,66)(H,59,65)(H,60,67)(H,61,70)(H,71,72)(H,73,74)(H4,53,54,55)/b21-16+,28-25+/t29-,30-,31-,32+,37?,38?,39+,40-,41-,43?/m0/s1. The van der Waals surface area contributed by atoms with Gasteiger partial charge in [0.15, 0.2) is 5.96 Å². The van der Waals surface area contributed by atoms with Crippen LogP contribution in [0.2, 0.25) is 0 Å². The van der Waals surface area contributed by atoms with E-state index in [2.05, 4.69) is 43.5 Å². The van der Waals surface area contributed by atoms with Crippen molar-refractivity contribution in [3.05, 3.63) is 102 Å². The maximum Gasteiger partial charge on any atom is 0.327 e. The Balaban J connectivity index is 2.14. The number of likely N-dealkylation sites (N-methyl/N-ethyl adjacent to an activating group) is 1. The highest BCUT2D eigenvalue weighted by Crippen LogP contribution is 2.19. The molecule has 2 aromatic rings. The van der Waals surface area contributed by atoms with Gasteiger partial charge in [0.05, 0.1) is 24.0 Å². The lowest BCUT2D eigenvalue weighted by Gasteiger charge is -2.28. The summed E-state index contributed by atoms with van der Waals surface area (Å²) >= 11 is 0. The summed E-state index contributed by atoms with van der Waals surface area (Å²) in [5, 5.41) is 45.4. The number of nitrogens with one attached hydrogen (secondary N) is 6. The van der Waals surface area contributed by atoms with Gasteiger partial charge in [-0.1, -0.05) is 93.6 Å². The summed E-state index contributed by atoms with van der Waals surface area (Å²) in [6.07, 6.45) is 4.20. The molecule has 0 aliphatic carbocycles. The van der Waals surface area contributed by atoms with Crippen LogP contribution in [0.1, 0.15) is 71.4 Å². The molecule has 1 aliphatic rings. The molecule has 2 aromatic carbocycles. The van der Waals surface area contributed by atoms with E-state index in [1.165, 1.54) is 58.2 Å². The Hall–Kier alpha value is -8.08. The third-order valence-electron chi connectivity index (χ3n) is 12.6. The Kier molecular flexibility index (Phi) is 24.1. The Morgan fingerprint density at radius 2 is 1.43 bits per heavy atom. The second kappa shape index (κ2) is 29.6. The van der Waals surface area contributed by atoms with Crippen molar-refractivity contribution < 1.29 is 63.2 Å². The summed E-state index contributed by atoms with van der Waals surface area (Å²) in [4.78, 5) is 127. The Labute approximate surface area is 436 Å². The Bertz CT molecular complexity index is 2460. The summed E-state index contributed by atoms with van der Waals surface area (Å²) in [7, 11) is 2.80. The molecule has 0 bridgehead atoms. The van der Waals surface area contributed by atoms with E-state index in [1.54, 1.807) is 20.1 Å². The molecule has 23 heteroatoms. The number of amides is 7. The van der Waals surface area contributed by atoms with Gasteiger partial charge in [0, 0.05) is 39.5 Å². The lowest BCUT2D eigenvalue weighted by molar-refractivity contribution is -0.146. The van der Waals surface area contributed by atoms with Gasteiger partial charge in [-0.2, -0.15) is 0 Å². The third kappa shape index (κ3) is 19.7. The second-order valence-electron chi connectivity index (χ2n) is 18.5. The van der Waals surface area contributed by atoms with Crippen LogP contribution in [0, 0.1) is 17.8 Å². The van der Waals surface area contributed by atoms with Crippen LogP contribution in [0.4, 0.5) is 0 Å². The Morgan fingerprint density at radius 3 is 2.03 bits per heavy atom. The fourth-order valence-electron chi connectivity index (χ4n) is 7.83. The van der Waals surface area contributed by atoms with E-state index < -0.39 is 120 Å². The topological polar surface area (TPSA) is 363 Å². The van der Waals surface area contributed by atoms with Crippen LogP contribution >= 0.6 is 0 Å². The number of aromatic hydroxyl groups is 1.